The van der Waals surface area contributed by atoms with Crippen molar-refractivity contribution in [2.45, 2.75) is 103 Å². The second kappa shape index (κ2) is 17.5. The van der Waals surface area contributed by atoms with Crippen molar-refractivity contribution in [1.29, 1.82) is 0 Å². The molecule has 2 aromatic carbocycles. The number of phenolic OH excluding ortho intramolecular Hbond substituents is 1. The SMILES string of the molecule is CCCCCCCCCCCCCCCCN1C(=O)C(=O)/C(=C(/O)c2ccc(OC)cc2)C1c1ccc(O)c(OC)c1. The van der Waals surface area contributed by atoms with Gasteiger partial charge in [-0.2, -0.15) is 0 Å². The summed E-state index contributed by atoms with van der Waals surface area (Å²) < 4.78 is 10.5. The first-order valence-electron chi connectivity index (χ1n) is 15.7. The summed E-state index contributed by atoms with van der Waals surface area (Å²) in [4.78, 5) is 28.1. The van der Waals surface area contributed by atoms with Crippen molar-refractivity contribution in [3.05, 3.63) is 59.2 Å². The molecule has 7 nitrogen and oxygen atoms in total. The minimum absolute atomic E-state index is 0.0308. The quantitative estimate of drug-likeness (QED) is 0.0752. The average molecular weight is 580 g/mol. The van der Waals surface area contributed by atoms with Crippen LogP contribution >= 0.6 is 0 Å². The topological polar surface area (TPSA) is 96.3 Å². The van der Waals surface area contributed by atoms with Gasteiger partial charge in [0.15, 0.2) is 11.5 Å². The number of ether oxygens (including phenoxy) is 2. The molecule has 0 radical (unpaired) electrons. The monoisotopic (exact) mass is 579 g/mol. The Morgan fingerprint density at radius 1 is 0.762 bits per heavy atom. The number of aliphatic hydroxyl groups is 1. The van der Waals surface area contributed by atoms with Gasteiger partial charge in [0.25, 0.3) is 11.7 Å². The van der Waals surface area contributed by atoms with Gasteiger partial charge in [0.05, 0.1) is 25.8 Å². The molecular weight excluding hydrogens is 530 g/mol. The molecule has 1 amide bonds. The molecule has 2 N–H and O–H groups in total. The molecule has 230 valence electrons. The van der Waals surface area contributed by atoms with Gasteiger partial charge in [-0.25, -0.2) is 0 Å². The van der Waals surface area contributed by atoms with Gasteiger partial charge in [-0.15, -0.1) is 0 Å². The van der Waals surface area contributed by atoms with E-state index in [2.05, 4.69) is 6.92 Å². The van der Waals surface area contributed by atoms with Crippen LogP contribution in [-0.2, 0) is 9.59 Å². The molecule has 3 rings (SSSR count). The zero-order chi connectivity index (χ0) is 30.3. The number of benzene rings is 2. The first-order valence-corrected chi connectivity index (χ1v) is 15.7. The van der Waals surface area contributed by atoms with Crippen molar-refractivity contribution in [2.24, 2.45) is 0 Å². The first-order chi connectivity index (χ1) is 20.4. The van der Waals surface area contributed by atoms with Gasteiger partial charge in [0.2, 0.25) is 0 Å². The fourth-order valence-electron chi connectivity index (χ4n) is 5.70. The minimum Gasteiger partial charge on any atom is -0.507 e. The summed E-state index contributed by atoms with van der Waals surface area (Å²) in [5, 5.41) is 21.4. The second-order valence-electron chi connectivity index (χ2n) is 11.2. The highest BCUT2D eigenvalue weighted by atomic mass is 16.5. The number of ketones is 1. The summed E-state index contributed by atoms with van der Waals surface area (Å²) >= 11 is 0. The maximum absolute atomic E-state index is 13.3. The van der Waals surface area contributed by atoms with Crippen molar-refractivity contribution in [1.82, 2.24) is 4.90 Å². The number of rotatable bonds is 19. The predicted molar refractivity (Wildman–Crippen MR) is 167 cm³/mol. The Balaban J connectivity index is 1.61. The lowest BCUT2D eigenvalue weighted by molar-refractivity contribution is -0.139. The number of likely N-dealkylation sites (tertiary alicyclic amines) is 1. The summed E-state index contributed by atoms with van der Waals surface area (Å²) in [6.07, 6.45) is 17.3. The van der Waals surface area contributed by atoms with Crippen LogP contribution in [-0.4, -0.2) is 47.6 Å². The molecule has 0 aliphatic carbocycles. The maximum Gasteiger partial charge on any atom is 0.295 e. The summed E-state index contributed by atoms with van der Waals surface area (Å²) in [5.74, 6) is -0.775. The summed E-state index contributed by atoms with van der Waals surface area (Å²) in [7, 11) is 3.00. The molecule has 1 saturated heterocycles. The number of Topliss-reactive ketones (excluding diaryl/α,β-unsaturated/α-hetero) is 1. The van der Waals surface area contributed by atoms with Crippen molar-refractivity contribution in [3.63, 3.8) is 0 Å². The van der Waals surface area contributed by atoms with Crippen LogP contribution in [0.2, 0.25) is 0 Å². The number of hydrogen-bond donors (Lipinski definition) is 2. The van der Waals surface area contributed by atoms with Gasteiger partial charge in [-0.3, -0.25) is 9.59 Å². The van der Waals surface area contributed by atoms with Crippen LogP contribution in [0, 0.1) is 0 Å². The Labute approximate surface area is 251 Å². The molecule has 0 bridgehead atoms. The van der Waals surface area contributed by atoms with Crippen LogP contribution in [0.3, 0.4) is 0 Å². The molecule has 0 saturated carbocycles. The summed E-state index contributed by atoms with van der Waals surface area (Å²) in [5.41, 5.74) is 1.04. The van der Waals surface area contributed by atoms with E-state index in [4.69, 9.17) is 9.47 Å². The van der Waals surface area contributed by atoms with E-state index < -0.39 is 17.7 Å². The van der Waals surface area contributed by atoms with Crippen LogP contribution < -0.4 is 9.47 Å². The van der Waals surface area contributed by atoms with Crippen LogP contribution in [0.4, 0.5) is 0 Å². The molecule has 1 unspecified atom stereocenters. The molecule has 1 heterocycles. The van der Waals surface area contributed by atoms with E-state index in [0.29, 0.717) is 23.4 Å². The number of amides is 1. The van der Waals surface area contributed by atoms with E-state index in [0.717, 1.165) is 19.3 Å². The third-order valence-electron chi connectivity index (χ3n) is 8.18. The molecule has 1 atom stereocenters. The van der Waals surface area contributed by atoms with E-state index in [1.165, 1.54) is 83.8 Å². The third-order valence-corrected chi connectivity index (χ3v) is 8.18. The van der Waals surface area contributed by atoms with Gasteiger partial charge >= 0.3 is 0 Å². The smallest absolute Gasteiger partial charge is 0.295 e. The highest BCUT2D eigenvalue weighted by Gasteiger charge is 2.46. The highest BCUT2D eigenvalue weighted by molar-refractivity contribution is 6.46. The molecular formula is C35H49NO6. The van der Waals surface area contributed by atoms with Crippen molar-refractivity contribution in [3.8, 4) is 17.2 Å². The number of hydrogen-bond acceptors (Lipinski definition) is 6. The van der Waals surface area contributed by atoms with Crippen molar-refractivity contribution >= 4 is 17.4 Å². The molecule has 42 heavy (non-hydrogen) atoms. The van der Waals surface area contributed by atoms with E-state index in [-0.39, 0.29) is 22.8 Å². The van der Waals surface area contributed by atoms with Crippen LogP contribution in [0.1, 0.15) is 114 Å². The highest BCUT2D eigenvalue weighted by Crippen LogP contribution is 2.42. The minimum atomic E-state index is -0.788. The van der Waals surface area contributed by atoms with Crippen molar-refractivity contribution < 1.29 is 29.3 Å². The number of phenols is 1. The second-order valence-corrected chi connectivity index (χ2v) is 11.2. The summed E-state index contributed by atoms with van der Waals surface area (Å²) in [6, 6.07) is 10.7. The fraction of sp³-hybridized carbons (Fsp3) is 0.543. The van der Waals surface area contributed by atoms with E-state index in [9.17, 15) is 19.8 Å². The normalized spacial score (nSPS) is 16.3. The number of unbranched alkanes of at least 4 members (excludes halogenated alkanes) is 13. The molecule has 0 spiro atoms. The Morgan fingerprint density at radius 3 is 1.83 bits per heavy atom. The molecule has 1 aliphatic heterocycles. The number of nitrogens with zero attached hydrogens (tertiary/aromatic N) is 1. The Hall–Kier alpha value is -3.48. The molecule has 7 heteroatoms. The first kappa shape index (κ1) is 33.0. The number of aliphatic hydroxyl groups excluding tert-OH is 1. The number of carbonyl (C=O) groups is 2. The van der Waals surface area contributed by atoms with Gasteiger partial charge in [-0.05, 0) is 48.4 Å². The Bertz CT molecular complexity index is 1170. The standard InChI is InChI=1S/C35H49NO6/c1-4-5-6-7-8-9-10-11-12-13-14-15-16-17-24-36-32(27-20-23-29(37)30(25-27)42-3)31(34(39)35(36)40)33(38)26-18-21-28(41-2)22-19-26/h18-23,25,32,37-38H,4-17,24H2,1-3H3/b33-31+. The van der Waals surface area contributed by atoms with Crippen LogP contribution in [0.25, 0.3) is 5.76 Å². The fourth-order valence-corrected chi connectivity index (χ4v) is 5.70. The molecule has 1 fully saturated rings. The van der Waals surface area contributed by atoms with E-state index in [1.807, 2.05) is 0 Å². The number of aromatic hydroxyl groups is 1. The molecule has 0 aromatic heterocycles. The lowest BCUT2D eigenvalue weighted by Crippen LogP contribution is -2.30. The van der Waals surface area contributed by atoms with Crippen molar-refractivity contribution in [2.75, 3.05) is 20.8 Å². The van der Waals surface area contributed by atoms with Gasteiger partial charge in [0.1, 0.15) is 11.5 Å². The zero-order valence-corrected chi connectivity index (χ0v) is 25.7. The van der Waals surface area contributed by atoms with E-state index in [1.54, 1.807) is 48.4 Å². The summed E-state index contributed by atoms with van der Waals surface area (Å²) in [6.45, 7) is 2.65. The predicted octanol–water partition coefficient (Wildman–Crippen LogP) is 8.31. The molecule has 1 aliphatic rings. The average Bonchev–Trinajstić information content (AvgIpc) is 3.26. The lowest BCUT2D eigenvalue weighted by atomic mass is 9.95. The van der Waals surface area contributed by atoms with Crippen LogP contribution in [0.15, 0.2) is 48.0 Å². The van der Waals surface area contributed by atoms with Crippen LogP contribution in [0.5, 0.6) is 17.2 Å². The Kier molecular flexibility index (Phi) is 13.7. The third kappa shape index (κ3) is 9.01. The number of methoxy groups -OCH3 is 2. The van der Waals surface area contributed by atoms with E-state index >= 15 is 0 Å². The maximum atomic E-state index is 13.3. The van der Waals surface area contributed by atoms with Gasteiger partial charge in [-0.1, -0.05) is 96.5 Å². The number of carbonyl (C=O) groups excluding carboxylic acids is 2. The lowest BCUT2D eigenvalue weighted by Gasteiger charge is -2.26. The zero-order valence-electron chi connectivity index (χ0n) is 25.7. The molecule has 2 aromatic rings. The van der Waals surface area contributed by atoms with Gasteiger partial charge in [0, 0.05) is 12.1 Å². The van der Waals surface area contributed by atoms with Gasteiger partial charge < -0.3 is 24.6 Å². The largest absolute Gasteiger partial charge is 0.507 e. The Morgan fingerprint density at radius 2 is 1.31 bits per heavy atom.